The Labute approximate surface area is 214 Å². The van der Waals surface area contributed by atoms with Gasteiger partial charge in [0.15, 0.2) is 11.5 Å². The molecule has 7 nitrogen and oxygen atoms in total. The largest absolute Gasteiger partial charge is 0.493 e. The summed E-state index contributed by atoms with van der Waals surface area (Å²) in [6, 6.07) is 17.7. The Hall–Kier alpha value is -3.13. The molecule has 3 aromatic rings. The molecule has 3 aromatic carbocycles. The van der Waals surface area contributed by atoms with Crippen LogP contribution in [0.3, 0.4) is 0 Å². The number of hydrogen-bond donors (Lipinski definition) is 1. The van der Waals surface area contributed by atoms with E-state index in [1.165, 1.54) is 37.5 Å². The van der Waals surface area contributed by atoms with Crippen LogP contribution in [-0.4, -0.2) is 21.4 Å². The number of ether oxygens (including phenoxy) is 1. The van der Waals surface area contributed by atoms with E-state index in [-0.39, 0.29) is 27.5 Å². The summed E-state index contributed by atoms with van der Waals surface area (Å²) in [5, 5.41) is 12.3. The molecule has 0 spiro atoms. The average molecular weight is 606 g/mol. The second kappa shape index (κ2) is 10.9. The number of halogens is 2. The van der Waals surface area contributed by atoms with Gasteiger partial charge in [-0.15, -0.1) is 0 Å². The molecule has 0 heterocycles. The molecule has 0 aliphatic rings. The molecule has 34 heavy (non-hydrogen) atoms. The lowest BCUT2D eigenvalue weighted by molar-refractivity contribution is -0.112. The van der Waals surface area contributed by atoms with Crippen LogP contribution in [0, 0.1) is 18.3 Å². The van der Waals surface area contributed by atoms with E-state index < -0.39 is 16.0 Å². The third kappa shape index (κ3) is 5.86. The number of aryl methyl sites for hydroxylation is 1. The maximum Gasteiger partial charge on any atom is 0.339 e. The van der Waals surface area contributed by atoms with Crippen LogP contribution in [0.2, 0.25) is 0 Å². The lowest BCUT2D eigenvalue weighted by atomic mass is 10.1. The van der Waals surface area contributed by atoms with Crippen LogP contribution < -0.4 is 14.2 Å². The molecule has 0 bridgehead atoms. The van der Waals surface area contributed by atoms with Crippen LogP contribution in [0.1, 0.15) is 11.1 Å². The number of benzene rings is 3. The second-order valence-electron chi connectivity index (χ2n) is 6.96. The molecule has 0 radical (unpaired) electrons. The molecular weight excluding hydrogens is 588 g/mol. The minimum absolute atomic E-state index is 0.0526. The summed E-state index contributed by atoms with van der Waals surface area (Å²) >= 11 is 6.80. The normalized spacial score (nSPS) is 11.4. The second-order valence-corrected chi connectivity index (χ2v) is 10.2. The maximum absolute atomic E-state index is 12.9. The Morgan fingerprint density at radius 2 is 1.71 bits per heavy atom. The van der Waals surface area contributed by atoms with Crippen LogP contribution in [0.4, 0.5) is 5.69 Å². The summed E-state index contributed by atoms with van der Waals surface area (Å²) in [6.07, 6.45) is 1.24. The zero-order valence-corrected chi connectivity index (χ0v) is 22.0. The summed E-state index contributed by atoms with van der Waals surface area (Å²) in [4.78, 5) is 12.8. The highest BCUT2D eigenvalue weighted by atomic mass is 79.9. The summed E-state index contributed by atoms with van der Waals surface area (Å²) in [7, 11) is -2.84. The highest BCUT2D eigenvalue weighted by Crippen LogP contribution is 2.36. The molecule has 1 N–H and O–H groups in total. The van der Waals surface area contributed by atoms with E-state index >= 15 is 0 Å². The molecule has 0 saturated heterocycles. The highest BCUT2D eigenvalue weighted by Gasteiger charge is 2.22. The van der Waals surface area contributed by atoms with E-state index in [0.29, 0.717) is 14.6 Å². The van der Waals surface area contributed by atoms with E-state index in [0.717, 1.165) is 5.56 Å². The molecule has 0 aliphatic heterocycles. The zero-order chi connectivity index (χ0) is 24.9. The number of methoxy groups -OCH3 is 1. The molecule has 1 amide bonds. The molecule has 0 saturated carbocycles. The molecule has 0 aromatic heterocycles. The third-order valence-electron chi connectivity index (χ3n) is 4.54. The van der Waals surface area contributed by atoms with Gasteiger partial charge in [0.25, 0.3) is 5.91 Å². The maximum atomic E-state index is 12.9. The molecule has 0 unspecified atom stereocenters. The van der Waals surface area contributed by atoms with Gasteiger partial charge in [-0.25, -0.2) is 0 Å². The van der Waals surface area contributed by atoms with Crippen molar-refractivity contribution in [2.45, 2.75) is 11.8 Å². The van der Waals surface area contributed by atoms with E-state index in [9.17, 15) is 18.5 Å². The number of para-hydroxylation sites is 1. The number of rotatable bonds is 7. The Kier molecular flexibility index (Phi) is 8.15. The van der Waals surface area contributed by atoms with Crippen LogP contribution >= 0.6 is 31.9 Å². The predicted octanol–water partition coefficient (Wildman–Crippen LogP) is 5.84. The van der Waals surface area contributed by atoms with Crippen molar-refractivity contribution in [2.24, 2.45) is 0 Å². The van der Waals surface area contributed by atoms with Gasteiger partial charge in [0.2, 0.25) is 0 Å². The molecule has 3 rings (SSSR count). The lowest BCUT2D eigenvalue weighted by Gasteiger charge is -2.14. The smallest absolute Gasteiger partial charge is 0.339 e. The van der Waals surface area contributed by atoms with E-state index in [2.05, 4.69) is 37.2 Å². The van der Waals surface area contributed by atoms with Crippen molar-refractivity contribution >= 4 is 59.6 Å². The fourth-order valence-electron chi connectivity index (χ4n) is 2.95. The fourth-order valence-corrected chi connectivity index (χ4v) is 5.54. The summed E-state index contributed by atoms with van der Waals surface area (Å²) in [5.74, 6) is -0.713. The Balaban J connectivity index is 2.01. The molecule has 0 aliphatic carbocycles. The van der Waals surface area contributed by atoms with Gasteiger partial charge in [-0.05, 0) is 80.8 Å². The molecular formula is C24H18Br2N2O5S. The van der Waals surface area contributed by atoms with Gasteiger partial charge in [-0.3, -0.25) is 4.79 Å². The predicted molar refractivity (Wildman–Crippen MR) is 136 cm³/mol. The zero-order valence-electron chi connectivity index (χ0n) is 18.0. The van der Waals surface area contributed by atoms with Crippen molar-refractivity contribution in [3.05, 3.63) is 86.3 Å². The molecule has 10 heteroatoms. The minimum Gasteiger partial charge on any atom is -0.493 e. The van der Waals surface area contributed by atoms with Crippen molar-refractivity contribution in [1.29, 1.82) is 5.26 Å². The van der Waals surface area contributed by atoms with Crippen molar-refractivity contribution < 1.29 is 22.1 Å². The molecule has 0 atom stereocenters. The SMILES string of the molecule is COc1cccc(/C=C(\C#N)C(=O)Nc2c(Br)cc(C)cc2Br)c1OS(=O)(=O)c1ccccc1. The first-order chi connectivity index (χ1) is 16.2. The summed E-state index contributed by atoms with van der Waals surface area (Å²) < 4.78 is 37.5. The quantitative estimate of drug-likeness (QED) is 0.206. The topological polar surface area (TPSA) is 105 Å². The molecule has 0 fully saturated rings. The van der Waals surface area contributed by atoms with Crippen molar-refractivity contribution in [3.63, 3.8) is 0 Å². The highest BCUT2D eigenvalue weighted by molar-refractivity contribution is 9.11. The van der Waals surface area contributed by atoms with E-state index in [1.807, 2.05) is 25.1 Å². The Morgan fingerprint density at radius 1 is 1.06 bits per heavy atom. The van der Waals surface area contributed by atoms with Gasteiger partial charge in [-0.2, -0.15) is 13.7 Å². The lowest BCUT2D eigenvalue weighted by Crippen LogP contribution is -2.15. The van der Waals surface area contributed by atoms with Gasteiger partial charge in [0.05, 0.1) is 12.8 Å². The van der Waals surface area contributed by atoms with Crippen molar-refractivity contribution in [1.82, 2.24) is 0 Å². The third-order valence-corrected chi connectivity index (χ3v) is 7.03. The number of hydrogen-bond acceptors (Lipinski definition) is 6. The van der Waals surface area contributed by atoms with Gasteiger partial charge in [0, 0.05) is 14.5 Å². The Bertz CT molecular complexity index is 1390. The van der Waals surface area contributed by atoms with Gasteiger partial charge >= 0.3 is 10.1 Å². The number of nitriles is 1. The van der Waals surface area contributed by atoms with Crippen LogP contribution in [0.15, 0.2) is 80.1 Å². The fraction of sp³-hybridized carbons (Fsp3) is 0.0833. The van der Waals surface area contributed by atoms with Crippen LogP contribution in [0.25, 0.3) is 6.08 Å². The number of carbonyl (C=O) groups excluding carboxylic acids is 1. The van der Waals surface area contributed by atoms with E-state index in [1.54, 1.807) is 24.3 Å². The minimum atomic E-state index is -4.20. The summed E-state index contributed by atoms with van der Waals surface area (Å²) in [6.45, 7) is 1.90. The number of nitrogens with one attached hydrogen (secondary N) is 1. The monoisotopic (exact) mass is 604 g/mol. The first-order valence-electron chi connectivity index (χ1n) is 9.71. The summed E-state index contributed by atoms with van der Waals surface area (Å²) in [5.41, 5.74) is 1.32. The average Bonchev–Trinajstić information content (AvgIpc) is 2.80. The number of amides is 1. The van der Waals surface area contributed by atoms with E-state index in [4.69, 9.17) is 8.92 Å². The van der Waals surface area contributed by atoms with Gasteiger partial charge in [-0.1, -0.05) is 30.3 Å². The molecule has 174 valence electrons. The van der Waals surface area contributed by atoms with Gasteiger partial charge in [0.1, 0.15) is 16.5 Å². The van der Waals surface area contributed by atoms with Crippen LogP contribution in [0.5, 0.6) is 11.5 Å². The van der Waals surface area contributed by atoms with Crippen molar-refractivity contribution in [2.75, 3.05) is 12.4 Å². The Morgan fingerprint density at radius 3 is 2.29 bits per heavy atom. The number of carbonyl (C=O) groups is 1. The van der Waals surface area contributed by atoms with Crippen molar-refractivity contribution in [3.8, 4) is 17.6 Å². The standard InChI is InChI=1S/C24H18Br2N2O5S/c1-15-11-19(25)22(20(26)12-15)28-24(29)17(14-27)13-16-7-6-10-21(32-2)23(16)33-34(30,31)18-8-4-3-5-9-18/h3-13H,1-2H3,(H,28,29)/b17-13+. The first-order valence-corrected chi connectivity index (χ1v) is 12.7. The van der Waals surface area contributed by atoms with Gasteiger partial charge < -0.3 is 14.2 Å². The number of anilines is 1. The van der Waals surface area contributed by atoms with Crippen LogP contribution in [-0.2, 0) is 14.9 Å². The first kappa shape index (κ1) is 25.5. The number of nitrogens with zero attached hydrogens (tertiary/aromatic N) is 1.